The Morgan fingerprint density at radius 1 is 1.33 bits per heavy atom. The zero-order valence-electron chi connectivity index (χ0n) is 13.9. The van der Waals surface area contributed by atoms with Gasteiger partial charge < -0.3 is 13.9 Å². The molecule has 1 aliphatic heterocycles. The molecule has 1 N–H and O–H groups in total. The molecule has 0 saturated carbocycles. The normalized spacial score (nSPS) is 17.9. The van der Waals surface area contributed by atoms with Crippen LogP contribution in [0.3, 0.4) is 0 Å². The van der Waals surface area contributed by atoms with E-state index in [9.17, 15) is 17.2 Å². The highest BCUT2D eigenvalue weighted by molar-refractivity contribution is 7.92. The molecule has 148 valence electrons. The third kappa shape index (κ3) is 5.05. The van der Waals surface area contributed by atoms with Crippen LogP contribution in [0.5, 0.6) is 5.75 Å². The van der Waals surface area contributed by atoms with Crippen LogP contribution in [0.15, 0.2) is 27.5 Å². The van der Waals surface area contributed by atoms with Crippen molar-refractivity contribution in [1.29, 1.82) is 0 Å². The molecular formula is C15H16ClF2N3O5S. The van der Waals surface area contributed by atoms with Crippen molar-refractivity contribution in [2.24, 2.45) is 0 Å². The average molecular weight is 424 g/mol. The number of sulfonamides is 1. The molecule has 0 unspecified atom stereocenters. The monoisotopic (exact) mass is 423 g/mol. The van der Waals surface area contributed by atoms with Crippen LogP contribution in [-0.4, -0.2) is 37.9 Å². The molecule has 2 heterocycles. The van der Waals surface area contributed by atoms with Gasteiger partial charge in [0.2, 0.25) is 0 Å². The van der Waals surface area contributed by atoms with Gasteiger partial charge in [0.1, 0.15) is 17.3 Å². The Balaban J connectivity index is 1.79. The smallest absolute Gasteiger partial charge is 0.329 e. The second-order valence-corrected chi connectivity index (χ2v) is 7.83. The van der Waals surface area contributed by atoms with E-state index in [0.717, 1.165) is 19.3 Å². The molecule has 27 heavy (non-hydrogen) atoms. The van der Waals surface area contributed by atoms with E-state index in [4.69, 9.17) is 21.1 Å². The fraction of sp³-hybridized carbons (Fsp3) is 0.467. The average Bonchev–Trinajstić information content (AvgIpc) is 3.09. The molecule has 1 aliphatic rings. The molecule has 2 aromatic rings. The first-order valence-corrected chi connectivity index (χ1v) is 9.89. The van der Waals surface area contributed by atoms with E-state index in [-0.39, 0.29) is 28.4 Å². The predicted molar refractivity (Wildman–Crippen MR) is 90.6 cm³/mol. The Bertz CT molecular complexity index is 887. The Morgan fingerprint density at radius 3 is 2.81 bits per heavy atom. The predicted octanol–water partition coefficient (Wildman–Crippen LogP) is 3.41. The lowest BCUT2D eigenvalue weighted by molar-refractivity contribution is -0.0116. The molecule has 0 radical (unpaired) electrons. The summed E-state index contributed by atoms with van der Waals surface area (Å²) in [6.45, 7) is 0.797. The number of rotatable bonds is 7. The molecule has 1 aromatic heterocycles. The van der Waals surface area contributed by atoms with Crippen LogP contribution in [0.4, 0.5) is 14.8 Å². The van der Waals surface area contributed by atoms with Gasteiger partial charge in [-0.25, -0.2) is 13.1 Å². The lowest BCUT2D eigenvalue weighted by Gasteiger charge is -2.23. The topological polar surface area (TPSA) is 104 Å². The lowest BCUT2D eigenvalue weighted by atomic mass is 10.1. The number of hydrogen-bond acceptors (Lipinski definition) is 7. The van der Waals surface area contributed by atoms with Crippen molar-refractivity contribution in [2.75, 3.05) is 17.9 Å². The molecule has 3 rings (SSSR count). The summed E-state index contributed by atoms with van der Waals surface area (Å²) in [6.07, 6.45) is -0.359. The quantitative estimate of drug-likeness (QED) is 0.727. The third-order valence-corrected chi connectivity index (χ3v) is 5.32. The van der Waals surface area contributed by atoms with Crippen LogP contribution in [0, 0.1) is 0 Å². The van der Waals surface area contributed by atoms with E-state index in [1.165, 1.54) is 18.2 Å². The summed E-state index contributed by atoms with van der Waals surface area (Å²) in [6, 6.07) is 3.36. The minimum atomic E-state index is -4.27. The van der Waals surface area contributed by atoms with Crippen LogP contribution in [0.25, 0.3) is 0 Å². The summed E-state index contributed by atoms with van der Waals surface area (Å²) in [5.41, 5.74) is 0. The number of nitrogens with zero attached hydrogens (tertiary/aromatic N) is 2. The van der Waals surface area contributed by atoms with Crippen molar-refractivity contribution in [2.45, 2.75) is 36.7 Å². The summed E-state index contributed by atoms with van der Waals surface area (Å²) in [5.74, 6) is -0.959. The molecule has 1 saturated heterocycles. The molecule has 0 bridgehead atoms. The molecule has 12 heteroatoms. The van der Waals surface area contributed by atoms with Gasteiger partial charge in [-0.2, -0.15) is 8.78 Å². The summed E-state index contributed by atoms with van der Waals surface area (Å²) in [4.78, 5) is -0.289. The molecule has 1 aromatic carbocycles. The number of aromatic nitrogens is 2. The van der Waals surface area contributed by atoms with E-state index in [2.05, 4.69) is 14.6 Å². The summed E-state index contributed by atoms with van der Waals surface area (Å²) < 4.78 is 67.9. The number of nitrogens with one attached hydrogen (secondary N) is 1. The van der Waals surface area contributed by atoms with Gasteiger partial charge in [0, 0.05) is 11.6 Å². The fourth-order valence-corrected chi connectivity index (χ4v) is 3.80. The van der Waals surface area contributed by atoms with E-state index < -0.39 is 28.4 Å². The number of alkyl halides is 2. The second kappa shape index (κ2) is 8.36. The summed E-state index contributed by atoms with van der Waals surface area (Å²) in [7, 11) is -4.27. The molecule has 0 amide bonds. The van der Waals surface area contributed by atoms with Gasteiger partial charge in [-0.3, -0.25) is 0 Å². The van der Waals surface area contributed by atoms with E-state index in [1.54, 1.807) is 0 Å². The van der Waals surface area contributed by atoms with Crippen molar-refractivity contribution < 1.29 is 31.1 Å². The van der Waals surface area contributed by atoms with Gasteiger partial charge in [-0.1, -0.05) is 16.7 Å². The molecule has 0 spiro atoms. The van der Waals surface area contributed by atoms with Gasteiger partial charge in [-0.05, 0) is 37.5 Å². The maximum atomic E-state index is 12.6. The highest BCUT2D eigenvalue weighted by atomic mass is 35.5. The first-order valence-electron chi connectivity index (χ1n) is 8.03. The zero-order chi connectivity index (χ0) is 19.4. The van der Waals surface area contributed by atoms with Gasteiger partial charge in [0.05, 0.1) is 6.10 Å². The molecule has 0 aliphatic carbocycles. The van der Waals surface area contributed by atoms with Gasteiger partial charge in [-0.15, -0.1) is 5.10 Å². The SMILES string of the molecule is O=S(=O)(Nc1nnc(C(F)F)o1)c1cc(Cl)ccc1OC[C@@H]1CCCCO1. The van der Waals surface area contributed by atoms with Crippen LogP contribution in [0.1, 0.15) is 31.6 Å². The Labute approximate surface area is 158 Å². The Morgan fingerprint density at radius 2 is 2.15 bits per heavy atom. The minimum Gasteiger partial charge on any atom is -0.489 e. The largest absolute Gasteiger partial charge is 0.489 e. The zero-order valence-corrected chi connectivity index (χ0v) is 15.5. The van der Waals surface area contributed by atoms with Gasteiger partial charge in [0.15, 0.2) is 0 Å². The van der Waals surface area contributed by atoms with E-state index in [0.29, 0.717) is 6.61 Å². The van der Waals surface area contributed by atoms with E-state index in [1.807, 2.05) is 4.72 Å². The van der Waals surface area contributed by atoms with Gasteiger partial charge >= 0.3 is 12.4 Å². The standard InChI is InChI=1S/C15H16ClF2N3O5S/c16-9-4-5-11(25-8-10-3-1-2-6-24-10)12(7-9)27(22,23)21-15-20-19-14(26-15)13(17)18/h4-5,7,10,13H,1-3,6,8H2,(H,20,21)/t10-/m0/s1. The Kier molecular flexibility index (Phi) is 6.12. The first-order chi connectivity index (χ1) is 12.8. The highest BCUT2D eigenvalue weighted by Crippen LogP contribution is 2.30. The highest BCUT2D eigenvalue weighted by Gasteiger charge is 2.25. The summed E-state index contributed by atoms with van der Waals surface area (Å²) in [5, 5.41) is 6.45. The van der Waals surface area contributed by atoms with Crippen molar-refractivity contribution in [1.82, 2.24) is 10.2 Å². The molecule has 8 nitrogen and oxygen atoms in total. The van der Waals surface area contributed by atoms with Crippen molar-refractivity contribution in [3.63, 3.8) is 0 Å². The fourth-order valence-electron chi connectivity index (χ4n) is 2.47. The molecular weight excluding hydrogens is 408 g/mol. The number of hydrogen-bond donors (Lipinski definition) is 1. The Hall–Kier alpha value is -1.98. The lowest BCUT2D eigenvalue weighted by Crippen LogP contribution is -2.26. The minimum absolute atomic E-state index is 0.0367. The van der Waals surface area contributed by atoms with Gasteiger partial charge in [0.25, 0.3) is 15.9 Å². The van der Waals surface area contributed by atoms with Crippen molar-refractivity contribution in [3.8, 4) is 5.75 Å². The summed E-state index contributed by atoms with van der Waals surface area (Å²) >= 11 is 5.90. The molecule has 1 fully saturated rings. The third-order valence-electron chi connectivity index (χ3n) is 3.74. The van der Waals surface area contributed by atoms with Crippen LogP contribution >= 0.6 is 11.6 Å². The van der Waals surface area contributed by atoms with E-state index >= 15 is 0 Å². The van der Waals surface area contributed by atoms with Crippen LogP contribution in [0.2, 0.25) is 5.02 Å². The van der Waals surface area contributed by atoms with Crippen molar-refractivity contribution >= 4 is 27.6 Å². The maximum absolute atomic E-state index is 12.6. The number of benzene rings is 1. The first kappa shape index (κ1) is 19.8. The number of halogens is 3. The second-order valence-electron chi connectivity index (χ2n) is 5.74. The van der Waals surface area contributed by atoms with Crippen LogP contribution in [-0.2, 0) is 14.8 Å². The number of ether oxygens (including phenoxy) is 2. The number of anilines is 1. The van der Waals surface area contributed by atoms with Crippen molar-refractivity contribution in [3.05, 3.63) is 29.1 Å². The van der Waals surface area contributed by atoms with Crippen LogP contribution < -0.4 is 9.46 Å². The molecule has 1 atom stereocenters. The maximum Gasteiger partial charge on any atom is 0.329 e.